The number of carboxylic acid groups (broad SMARTS) is 1. The molecule has 1 fully saturated rings. The predicted octanol–water partition coefficient (Wildman–Crippen LogP) is 3.16. The van der Waals surface area contributed by atoms with E-state index >= 15 is 0 Å². The molecular formula is C26H30N2O6. The third kappa shape index (κ3) is 4.50. The van der Waals surface area contributed by atoms with E-state index in [0.29, 0.717) is 6.42 Å². The van der Waals surface area contributed by atoms with Crippen LogP contribution in [0.2, 0.25) is 0 Å². The highest BCUT2D eigenvalue weighted by atomic mass is 16.5. The maximum atomic E-state index is 12.7. The van der Waals surface area contributed by atoms with Crippen molar-refractivity contribution in [2.24, 2.45) is 11.3 Å². The highest BCUT2D eigenvalue weighted by Gasteiger charge is 2.47. The van der Waals surface area contributed by atoms with Crippen molar-refractivity contribution < 1.29 is 29.0 Å². The van der Waals surface area contributed by atoms with Gasteiger partial charge in [-0.3, -0.25) is 9.59 Å². The molecule has 2 amide bonds. The van der Waals surface area contributed by atoms with E-state index in [0.717, 1.165) is 22.3 Å². The zero-order chi connectivity index (χ0) is 24.3. The van der Waals surface area contributed by atoms with E-state index in [1.54, 1.807) is 6.92 Å². The number of amides is 2. The van der Waals surface area contributed by atoms with Gasteiger partial charge in [0.1, 0.15) is 12.0 Å². The number of hydrogen-bond donors (Lipinski definition) is 3. The van der Waals surface area contributed by atoms with E-state index in [4.69, 9.17) is 9.47 Å². The number of nitrogens with one attached hydrogen (secondary N) is 2. The van der Waals surface area contributed by atoms with Crippen LogP contribution in [-0.2, 0) is 19.1 Å². The molecule has 3 atom stereocenters. The van der Waals surface area contributed by atoms with Gasteiger partial charge in [-0.25, -0.2) is 4.79 Å². The van der Waals surface area contributed by atoms with Crippen LogP contribution in [0.15, 0.2) is 48.5 Å². The molecule has 1 aliphatic carbocycles. The Morgan fingerprint density at radius 1 is 1.12 bits per heavy atom. The largest absolute Gasteiger partial charge is 0.481 e. The van der Waals surface area contributed by atoms with Crippen molar-refractivity contribution in [3.63, 3.8) is 0 Å². The Morgan fingerprint density at radius 2 is 1.74 bits per heavy atom. The molecule has 1 aliphatic heterocycles. The summed E-state index contributed by atoms with van der Waals surface area (Å²) in [6, 6.07) is 15.6. The predicted molar refractivity (Wildman–Crippen MR) is 125 cm³/mol. The second-order valence-electron chi connectivity index (χ2n) is 9.11. The van der Waals surface area contributed by atoms with Gasteiger partial charge in [0.15, 0.2) is 0 Å². The number of fused-ring (bicyclic) bond motifs is 3. The standard InChI is InChI=1S/C26H30N2O6/c1-3-16(23(29)28-22-14-33-15-26(22,2)24(30)31)12-27-25(32)34-13-21-19-10-6-4-8-17(19)18-9-5-7-11-20(18)21/h4-11,16,21-22H,3,12-15H2,1-2H3,(H,27,32)(H,28,29)(H,30,31). The monoisotopic (exact) mass is 466 g/mol. The highest BCUT2D eigenvalue weighted by Crippen LogP contribution is 2.44. The maximum absolute atomic E-state index is 12.7. The summed E-state index contributed by atoms with van der Waals surface area (Å²) in [5.74, 6) is -1.89. The average Bonchev–Trinajstić information content (AvgIpc) is 3.36. The number of hydrogen-bond acceptors (Lipinski definition) is 5. The van der Waals surface area contributed by atoms with E-state index in [1.165, 1.54) is 0 Å². The molecule has 180 valence electrons. The molecule has 2 aromatic carbocycles. The molecule has 0 radical (unpaired) electrons. The Hall–Kier alpha value is -3.39. The average molecular weight is 467 g/mol. The molecule has 0 saturated carbocycles. The summed E-state index contributed by atoms with van der Waals surface area (Å²) < 4.78 is 10.8. The van der Waals surface area contributed by atoms with Gasteiger partial charge in [-0.15, -0.1) is 0 Å². The molecule has 0 aromatic heterocycles. The molecule has 3 unspecified atom stereocenters. The van der Waals surface area contributed by atoms with Crippen LogP contribution in [0.25, 0.3) is 11.1 Å². The third-order valence-electron chi connectivity index (χ3n) is 6.96. The Morgan fingerprint density at radius 3 is 2.32 bits per heavy atom. The van der Waals surface area contributed by atoms with Crippen molar-refractivity contribution in [1.82, 2.24) is 10.6 Å². The van der Waals surface area contributed by atoms with Crippen molar-refractivity contribution in [3.05, 3.63) is 59.7 Å². The molecule has 8 heteroatoms. The van der Waals surface area contributed by atoms with Gasteiger partial charge in [-0.1, -0.05) is 55.5 Å². The van der Waals surface area contributed by atoms with Crippen LogP contribution in [0.4, 0.5) is 4.79 Å². The molecule has 2 aromatic rings. The van der Waals surface area contributed by atoms with E-state index in [1.807, 2.05) is 31.2 Å². The van der Waals surface area contributed by atoms with Crippen LogP contribution in [0.1, 0.15) is 37.3 Å². The van der Waals surface area contributed by atoms with Gasteiger partial charge in [0.05, 0.1) is 25.2 Å². The fraction of sp³-hybridized carbons (Fsp3) is 0.423. The minimum Gasteiger partial charge on any atom is -0.481 e. The fourth-order valence-corrected chi connectivity index (χ4v) is 4.65. The first-order valence-corrected chi connectivity index (χ1v) is 11.6. The fourth-order valence-electron chi connectivity index (χ4n) is 4.65. The highest BCUT2D eigenvalue weighted by molar-refractivity contribution is 5.82. The number of carbonyl (C=O) groups excluding carboxylic acids is 2. The molecule has 34 heavy (non-hydrogen) atoms. The van der Waals surface area contributed by atoms with E-state index in [9.17, 15) is 19.5 Å². The number of aliphatic carboxylic acids is 1. The van der Waals surface area contributed by atoms with Gasteiger partial charge in [-0.2, -0.15) is 0 Å². The van der Waals surface area contributed by atoms with Gasteiger partial charge < -0.3 is 25.2 Å². The van der Waals surface area contributed by atoms with Gasteiger partial charge in [0.25, 0.3) is 0 Å². The second-order valence-corrected chi connectivity index (χ2v) is 9.11. The van der Waals surface area contributed by atoms with Gasteiger partial charge in [0.2, 0.25) is 5.91 Å². The number of alkyl carbamates (subject to hydrolysis) is 1. The van der Waals surface area contributed by atoms with Crippen LogP contribution in [0, 0.1) is 11.3 Å². The Labute approximate surface area is 198 Å². The number of benzene rings is 2. The van der Waals surface area contributed by atoms with Gasteiger partial charge in [0, 0.05) is 12.5 Å². The summed E-state index contributed by atoms with van der Waals surface area (Å²) in [6.45, 7) is 3.87. The lowest BCUT2D eigenvalue weighted by Crippen LogP contribution is -2.52. The smallest absolute Gasteiger partial charge is 0.407 e. The second kappa shape index (κ2) is 9.85. The summed E-state index contributed by atoms with van der Waals surface area (Å²) in [7, 11) is 0. The van der Waals surface area contributed by atoms with Gasteiger partial charge in [-0.05, 0) is 35.6 Å². The van der Waals surface area contributed by atoms with Crippen molar-refractivity contribution in [2.45, 2.75) is 32.2 Å². The lowest BCUT2D eigenvalue weighted by atomic mass is 9.85. The molecule has 0 bridgehead atoms. The summed E-state index contributed by atoms with van der Waals surface area (Å²) in [4.78, 5) is 36.8. The summed E-state index contributed by atoms with van der Waals surface area (Å²) >= 11 is 0. The summed E-state index contributed by atoms with van der Waals surface area (Å²) in [5.41, 5.74) is 3.39. The van der Waals surface area contributed by atoms with Crippen molar-refractivity contribution in [3.8, 4) is 11.1 Å². The quantitative estimate of drug-likeness (QED) is 0.551. The number of carboxylic acids is 1. The van der Waals surface area contributed by atoms with Crippen LogP contribution in [0.3, 0.4) is 0 Å². The molecule has 0 spiro atoms. The number of carbonyl (C=O) groups is 3. The van der Waals surface area contributed by atoms with Crippen LogP contribution >= 0.6 is 0 Å². The van der Waals surface area contributed by atoms with E-state index in [2.05, 4.69) is 34.9 Å². The van der Waals surface area contributed by atoms with Crippen LogP contribution in [-0.4, -0.2) is 55.5 Å². The topological polar surface area (TPSA) is 114 Å². The normalized spacial score (nSPS) is 21.9. The summed E-state index contributed by atoms with van der Waals surface area (Å²) in [5, 5.41) is 15.0. The van der Waals surface area contributed by atoms with E-state index in [-0.39, 0.29) is 38.2 Å². The first kappa shape index (κ1) is 23.8. The third-order valence-corrected chi connectivity index (χ3v) is 6.96. The van der Waals surface area contributed by atoms with Crippen molar-refractivity contribution in [2.75, 3.05) is 26.4 Å². The molecule has 1 saturated heterocycles. The lowest BCUT2D eigenvalue weighted by molar-refractivity contribution is -0.149. The lowest BCUT2D eigenvalue weighted by Gasteiger charge is -2.27. The molecule has 3 N–H and O–H groups in total. The maximum Gasteiger partial charge on any atom is 0.407 e. The first-order valence-electron chi connectivity index (χ1n) is 11.6. The van der Waals surface area contributed by atoms with Gasteiger partial charge >= 0.3 is 12.1 Å². The Kier molecular flexibility index (Phi) is 6.88. The Bertz CT molecular complexity index is 1040. The molecule has 4 rings (SSSR count). The van der Waals surface area contributed by atoms with E-state index < -0.39 is 29.4 Å². The zero-order valence-electron chi connectivity index (χ0n) is 19.4. The number of ether oxygens (including phenoxy) is 2. The summed E-state index contributed by atoms with van der Waals surface area (Å²) in [6.07, 6.45) is -0.111. The molecule has 8 nitrogen and oxygen atoms in total. The molecule has 2 aliphatic rings. The first-order chi connectivity index (χ1) is 16.3. The van der Waals surface area contributed by atoms with Crippen molar-refractivity contribution >= 4 is 18.0 Å². The molecule has 1 heterocycles. The minimum absolute atomic E-state index is 0.0421. The minimum atomic E-state index is -1.17. The molecular weight excluding hydrogens is 436 g/mol. The SMILES string of the molecule is CCC(CNC(=O)OCC1c2ccccc2-c2ccccc21)C(=O)NC1COCC1(C)C(=O)O. The zero-order valence-corrected chi connectivity index (χ0v) is 19.4. The van der Waals surface area contributed by atoms with Crippen LogP contribution in [0.5, 0.6) is 0 Å². The number of rotatable bonds is 8. The van der Waals surface area contributed by atoms with Crippen molar-refractivity contribution in [1.29, 1.82) is 0 Å². The Balaban J connectivity index is 1.31. The van der Waals surface area contributed by atoms with Crippen LogP contribution < -0.4 is 10.6 Å².